The lowest BCUT2D eigenvalue weighted by Crippen LogP contribution is -2.47. The Hall–Kier alpha value is -1.95. The average Bonchev–Trinajstić information content (AvgIpc) is 2.49. The number of rotatable bonds is 6. The Morgan fingerprint density at radius 3 is 2.19 bits per heavy atom. The second-order valence-corrected chi connectivity index (χ2v) is 5.17. The fourth-order valence-electron chi connectivity index (χ4n) is 2.31. The Morgan fingerprint density at radius 1 is 1.14 bits per heavy atom. The highest BCUT2D eigenvalue weighted by atomic mass is 16.5. The molecule has 1 aromatic rings. The number of ether oxygens (including phenoxy) is 3. The third-order valence-corrected chi connectivity index (χ3v) is 3.81. The van der Waals surface area contributed by atoms with Gasteiger partial charge in [-0.15, -0.1) is 0 Å². The van der Waals surface area contributed by atoms with Crippen LogP contribution in [-0.2, 0) is 0 Å². The van der Waals surface area contributed by atoms with E-state index in [1.54, 1.807) is 12.1 Å². The number of amides is 1. The summed E-state index contributed by atoms with van der Waals surface area (Å²) < 4.78 is 15.6. The minimum Gasteiger partial charge on any atom is -0.496 e. The van der Waals surface area contributed by atoms with Crippen molar-refractivity contribution in [2.24, 2.45) is 0 Å². The van der Waals surface area contributed by atoms with Gasteiger partial charge in [-0.2, -0.15) is 0 Å². The summed E-state index contributed by atoms with van der Waals surface area (Å²) in [6, 6.07) is 3.17. The van der Waals surface area contributed by atoms with Crippen LogP contribution in [0.15, 0.2) is 12.1 Å². The quantitative estimate of drug-likeness (QED) is 0.828. The van der Waals surface area contributed by atoms with Crippen LogP contribution in [0.4, 0.5) is 0 Å². The van der Waals surface area contributed by atoms with Crippen LogP contribution in [0, 0.1) is 0 Å². The number of hydrogen-bond donors (Lipinski definition) is 2. The maximum Gasteiger partial charge on any atom is 0.255 e. The van der Waals surface area contributed by atoms with Crippen LogP contribution in [-0.4, -0.2) is 44.5 Å². The summed E-state index contributed by atoms with van der Waals surface area (Å²) in [7, 11) is 4.50. The molecule has 1 saturated carbocycles. The predicted octanol–water partition coefficient (Wildman–Crippen LogP) is 1.36. The lowest BCUT2D eigenvalue weighted by atomic mass is 9.80. The Bertz CT molecular complexity index is 525. The molecule has 6 heteroatoms. The molecule has 1 aliphatic rings. The molecule has 0 radical (unpaired) electrons. The summed E-state index contributed by atoms with van der Waals surface area (Å²) in [4.78, 5) is 12.3. The minimum atomic E-state index is -0.764. The zero-order valence-electron chi connectivity index (χ0n) is 12.6. The molecule has 0 aliphatic heterocycles. The number of benzene rings is 1. The molecule has 1 amide bonds. The van der Waals surface area contributed by atoms with E-state index in [0.29, 0.717) is 22.8 Å². The first-order valence-corrected chi connectivity index (χ1v) is 6.83. The molecule has 21 heavy (non-hydrogen) atoms. The van der Waals surface area contributed by atoms with Crippen molar-refractivity contribution in [1.29, 1.82) is 0 Å². The van der Waals surface area contributed by atoms with Crippen molar-refractivity contribution in [2.75, 3.05) is 27.9 Å². The van der Waals surface area contributed by atoms with Gasteiger partial charge in [0.25, 0.3) is 5.91 Å². The molecule has 0 bridgehead atoms. The first-order valence-electron chi connectivity index (χ1n) is 6.83. The van der Waals surface area contributed by atoms with E-state index in [1.165, 1.54) is 21.3 Å². The molecular formula is C15H21NO5. The van der Waals surface area contributed by atoms with E-state index in [0.717, 1.165) is 19.3 Å². The van der Waals surface area contributed by atoms with Gasteiger partial charge < -0.3 is 24.6 Å². The molecule has 0 unspecified atom stereocenters. The molecule has 0 spiro atoms. The molecule has 0 aromatic heterocycles. The van der Waals surface area contributed by atoms with Crippen molar-refractivity contribution in [2.45, 2.75) is 24.9 Å². The molecule has 2 N–H and O–H groups in total. The van der Waals surface area contributed by atoms with Gasteiger partial charge in [0.2, 0.25) is 0 Å². The van der Waals surface area contributed by atoms with E-state index in [4.69, 9.17) is 14.2 Å². The highest BCUT2D eigenvalue weighted by Gasteiger charge is 2.34. The number of carbonyl (C=O) groups excluding carboxylic acids is 1. The van der Waals surface area contributed by atoms with Gasteiger partial charge in [0.15, 0.2) is 11.5 Å². The Balaban J connectivity index is 2.18. The van der Waals surface area contributed by atoms with E-state index in [2.05, 4.69) is 5.32 Å². The van der Waals surface area contributed by atoms with Crippen molar-refractivity contribution >= 4 is 5.91 Å². The van der Waals surface area contributed by atoms with E-state index in [-0.39, 0.29) is 12.5 Å². The predicted molar refractivity (Wildman–Crippen MR) is 77.2 cm³/mol. The summed E-state index contributed by atoms with van der Waals surface area (Å²) in [6.45, 7) is 0.239. The Labute approximate surface area is 124 Å². The second-order valence-electron chi connectivity index (χ2n) is 5.17. The van der Waals surface area contributed by atoms with Crippen LogP contribution in [0.1, 0.15) is 29.6 Å². The van der Waals surface area contributed by atoms with E-state index in [9.17, 15) is 9.90 Å². The van der Waals surface area contributed by atoms with Gasteiger partial charge in [-0.25, -0.2) is 0 Å². The molecule has 0 saturated heterocycles. The highest BCUT2D eigenvalue weighted by molar-refractivity contribution is 5.97. The lowest BCUT2D eigenvalue weighted by molar-refractivity contribution is -0.0300. The maximum absolute atomic E-state index is 12.3. The molecule has 0 heterocycles. The van der Waals surface area contributed by atoms with Crippen LogP contribution in [0.25, 0.3) is 0 Å². The number of carbonyl (C=O) groups is 1. The Kier molecular flexibility index (Phi) is 4.57. The largest absolute Gasteiger partial charge is 0.496 e. The van der Waals surface area contributed by atoms with Crippen molar-refractivity contribution in [3.8, 4) is 17.2 Å². The number of aliphatic hydroxyl groups is 1. The number of nitrogens with one attached hydrogen (secondary N) is 1. The van der Waals surface area contributed by atoms with Crippen molar-refractivity contribution in [3.05, 3.63) is 17.7 Å². The second kappa shape index (κ2) is 6.22. The number of hydrogen-bond acceptors (Lipinski definition) is 5. The van der Waals surface area contributed by atoms with Crippen LogP contribution >= 0.6 is 0 Å². The first-order chi connectivity index (χ1) is 10.0. The van der Waals surface area contributed by atoms with Gasteiger partial charge in [0.1, 0.15) is 5.75 Å². The average molecular weight is 295 g/mol. The van der Waals surface area contributed by atoms with Gasteiger partial charge in [0.05, 0.1) is 32.5 Å². The van der Waals surface area contributed by atoms with Gasteiger partial charge in [-0.3, -0.25) is 4.79 Å². The summed E-state index contributed by atoms with van der Waals surface area (Å²) >= 11 is 0. The number of methoxy groups -OCH3 is 3. The maximum atomic E-state index is 12.3. The minimum absolute atomic E-state index is 0.239. The first kappa shape index (κ1) is 15.4. The summed E-state index contributed by atoms with van der Waals surface area (Å²) in [5.41, 5.74) is -0.419. The molecule has 1 aliphatic carbocycles. The molecule has 1 aromatic carbocycles. The van der Waals surface area contributed by atoms with Gasteiger partial charge in [-0.1, -0.05) is 0 Å². The zero-order valence-corrected chi connectivity index (χ0v) is 12.6. The third kappa shape index (κ3) is 3.21. The van der Waals surface area contributed by atoms with Gasteiger partial charge in [-0.05, 0) is 19.3 Å². The fraction of sp³-hybridized carbons (Fsp3) is 0.533. The standard InChI is InChI=1S/C15H21NO5/c1-19-11-8-13(21-3)12(20-2)7-10(11)14(17)16-9-15(18)5-4-6-15/h7-8,18H,4-6,9H2,1-3H3,(H,16,17). The van der Waals surface area contributed by atoms with Gasteiger partial charge in [0, 0.05) is 18.7 Å². The fourth-order valence-corrected chi connectivity index (χ4v) is 2.31. The Morgan fingerprint density at radius 2 is 1.71 bits per heavy atom. The normalized spacial score (nSPS) is 15.8. The monoisotopic (exact) mass is 295 g/mol. The van der Waals surface area contributed by atoms with E-state index < -0.39 is 5.60 Å². The van der Waals surface area contributed by atoms with Crippen LogP contribution < -0.4 is 19.5 Å². The van der Waals surface area contributed by atoms with Crippen molar-refractivity contribution in [3.63, 3.8) is 0 Å². The molecular weight excluding hydrogens is 274 g/mol. The smallest absolute Gasteiger partial charge is 0.255 e. The lowest BCUT2D eigenvalue weighted by Gasteiger charge is -2.36. The summed E-state index contributed by atoms with van der Waals surface area (Å²) in [6.07, 6.45) is 2.43. The molecule has 6 nitrogen and oxygen atoms in total. The topological polar surface area (TPSA) is 77.0 Å². The molecule has 2 rings (SSSR count). The van der Waals surface area contributed by atoms with E-state index in [1.807, 2.05) is 0 Å². The van der Waals surface area contributed by atoms with E-state index >= 15 is 0 Å². The highest BCUT2D eigenvalue weighted by Crippen LogP contribution is 2.35. The molecule has 0 atom stereocenters. The van der Waals surface area contributed by atoms with Crippen LogP contribution in [0.3, 0.4) is 0 Å². The SMILES string of the molecule is COc1cc(OC)c(C(=O)NCC2(O)CCC2)cc1OC. The third-order valence-electron chi connectivity index (χ3n) is 3.81. The van der Waals surface area contributed by atoms with Gasteiger partial charge >= 0.3 is 0 Å². The van der Waals surface area contributed by atoms with Crippen molar-refractivity contribution in [1.82, 2.24) is 5.32 Å². The zero-order chi connectivity index (χ0) is 15.5. The summed E-state index contributed by atoms with van der Waals surface area (Å²) in [5.74, 6) is 1.02. The van der Waals surface area contributed by atoms with Crippen LogP contribution in [0.2, 0.25) is 0 Å². The van der Waals surface area contributed by atoms with Crippen molar-refractivity contribution < 1.29 is 24.1 Å². The molecule has 1 fully saturated rings. The summed E-state index contributed by atoms with van der Waals surface area (Å²) in [5, 5.41) is 12.8. The van der Waals surface area contributed by atoms with Crippen LogP contribution in [0.5, 0.6) is 17.2 Å². The molecule has 116 valence electrons.